The highest BCUT2D eigenvalue weighted by atomic mass is 79.9. The number of nitrogens with zero attached hydrogens (tertiary/aromatic N) is 3. The maximum Gasteiger partial charge on any atom is 0.282 e. The van der Waals surface area contributed by atoms with E-state index in [2.05, 4.69) is 31.1 Å². The van der Waals surface area contributed by atoms with Crippen LogP contribution in [0.5, 0.6) is 0 Å². The van der Waals surface area contributed by atoms with Crippen LogP contribution in [0.2, 0.25) is 0 Å². The van der Waals surface area contributed by atoms with Crippen LogP contribution < -0.4 is 0 Å². The summed E-state index contributed by atoms with van der Waals surface area (Å²) in [5.41, 5.74) is 0. The molecule has 0 atom stereocenters. The zero-order valence-electron chi connectivity index (χ0n) is 7.27. The van der Waals surface area contributed by atoms with Gasteiger partial charge in [-0.15, -0.1) is 10.2 Å². The van der Waals surface area contributed by atoms with Crippen LogP contribution >= 0.6 is 27.7 Å². The van der Waals surface area contributed by atoms with Crippen LogP contribution in [-0.4, -0.2) is 15.2 Å². The molecule has 2 heterocycles. The van der Waals surface area contributed by atoms with Gasteiger partial charge in [-0.05, 0) is 39.8 Å². The zero-order chi connectivity index (χ0) is 9.97. The van der Waals surface area contributed by atoms with Gasteiger partial charge in [0.2, 0.25) is 5.89 Å². The van der Waals surface area contributed by atoms with Crippen LogP contribution in [0.15, 0.2) is 37.5 Å². The summed E-state index contributed by atoms with van der Waals surface area (Å²) < 4.78 is 6.00. The summed E-state index contributed by atoms with van der Waals surface area (Å²) in [5.74, 6) is 0.558. The number of hydrogen-bond donors (Lipinski definition) is 0. The maximum absolute atomic E-state index is 5.21. The average Bonchev–Trinajstić information content (AvgIpc) is 2.51. The van der Waals surface area contributed by atoms with Crippen molar-refractivity contribution in [3.05, 3.63) is 28.7 Å². The van der Waals surface area contributed by atoms with Crippen LogP contribution in [0.1, 0.15) is 5.89 Å². The van der Waals surface area contributed by atoms with Gasteiger partial charge >= 0.3 is 0 Å². The number of aryl methyl sites for hydroxylation is 1. The largest absolute Gasteiger partial charge is 0.416 e. The molecule has 72 valence electrons. The Bertz CT molecular complexity index is 446. The van der Waals surface area contributed by atoms with Gasteiger partial charge in [0.1, 0.15) is 9.63 Å². The Morgan fingerprint density at radius 1 is 1.36 bits per heavy atom. The molecule has 0 radical (unpaired) electrons. The van der Waals surface area contributed by atoms with E-state index in [1.54, 1.807) is 6.92 Å². The molecular formula is C8H6BrN3OS. The SMILES string of the molecule is Cc1nnc(Sc2cccc(Br)n2)o1. The lowest BCUT2D eigenvalue weighted by Crippen LogP contribution is -1.80. The van der Waals surface area contributed by atoms with Crippen molar-refractivity contribution in [1.82, 2.24) is 15.2 Å². The lowest BCUT2D eigenvalue weighted by molar-refractivity contribution is 0.429. The molecule has 0 aromatic carbocycles. The molecule has 2 aromatic rings. The van der Waals surface area contributed by atoms with Gasteiger partial charge in [0, 0.05) is 6.92 Å². The van der Waals surface area contributed by atoms with Crippen LogP contribution in [0.25, 0.3) is 0 Å². The summed E-state index contributed by atoms with van der Waals surface area (Å²) in [6, 6.07) is 5.65. The normalized spacial score (nSPS) is 10.4. The second-order valence-corrected chi connectivity index (χ2v) is 4.27. The second-order valence-electron chi connectivity index (χ2n) is 2.49. The van der Waals surface area contributed by atoms with Crippen LogP contribution in [-0.2, 0) is 0 Å². The predicted octanol–water partition coefficient (Wildman–Crippen LogP) is 2.69. The van der Waals surface area contributed by atoms with E-state index >= 15 is 0 Å². The van der Waals surface area contributed by atoms with E-state index < -0.39 is 0 Å². The van der Waals surface area contributed by atoms with Gasteiger partial charge in [-0.2, -0.15) is 0 Å². The van der Waals surface area contributed by atoms with Gasteiger partial charge in [-0.1, -0.05) is 6.07 Å². The third kappa shape index (κ3) is 2.33. The topological polar surface area (TPSA) is 51.8 Å². The van der Waals surface area contributed by atoms with Crippen molar-refractivity contribution >= 4 is 27.7 Å². The van der Waals surface area contributed by atoms with E-state index in [4.69, 9.17) is 4.42 Å². The molecule has 0 aliphatic heterocycles. The Balaban J connectivity index is 2.18. The molecule has 0 unspecified atom stereocenters. The molecule has 0 saturated heterocycles. The highest BCUT2D eigenvalue weighted by molar-refractivity contribution is 9.10. The van der Waals surface area contributed by atoms with Gasteiger partial charge < -0.3 is 4.42 Å². The number of aromatic nitrogens is 3. The molecule has 2 aromatic heterocycles. The molecule has 0 fully saturated rings. The van der Waals surface area contributed by atoms with Gasteiger partial charge in [-0.3, -0.25) is 0 Å². The molecule has 14 heavy (non-hydrogen) atoms. The van der Waals surface area contributed by atoms with Gasteiger partial charge in [0.15, 0.2) is 0 Å². The van der Waals surface area contributed by atoms with E-state index in [1.807, 2.05) is 18.2 Å². The minimum Gasteiger partial charge on any atom is -0.416 e. The first kappa shape index (κ1) is 9.67. The van der Waals surface area contributed by atoms with Crippen LogP contribution in [0, 0.1) is 6.92 Å². The van der Waals surface area contributed by atoms with E-state index in [0.717, 1.165) is 9.63 Å². The Labute approximate surface area is 93.3 Å². The summed E-state index contributed by atoms with van der Waals surface area (Å²) in [6.07, 6.45) is 0. The lowest BCUT2D eigenvalue weighted by Gasteiger charge is -1.95. The zero-order valence-corrected chi connectivity index (χ0v) is 9.67. The Kier molecular flexibility index (Phi) is 2.83. The molecule has 0 spiro atoms. The highest BCUT2D eigenvalue weighted by Gasteiger charge is 2.05. The summed E-state index contributed by atoms with van der Waals surface area (Å²) in [5, 5.41) is 8.92. The third-order valence-corrected chi connectivity index (χ3v) is 2.61. The minimum absolute atomic E-state index is 0.508. The number of pyridine rings is 1. The first-order chi connectivity index (χ1) is 6.74. The minimum atomic E-state index is 0.508. The first-order valence-electron chi connectivity index (χ1n) is 3.84. The standard InChI is InChI=1S/C8H6BrN3OS/c1-5-11-12-8(13-5)14-7-4-2-3-6(9)10-7/h2-4H,1H3. The summed E-state index contributed by atoms with van der Waals surface area (Å²) in [4.78, 5) is 4.23. The van der Waals surface area contributed by atoms with Crippen molar-refractivity contribution in [2.45, 2.75) is 17.2 Å². The molecule has 0 aliphatic carbocycles. The van der Waals surface area contributed by atoms with Crippen LogP contribution in [0.3, 0.4) is 0 Å². The number of halogens is 1. The Morgan fingerprint density at radius 2 is 2.21 bits per heavy atom. The van der Waals surface area contributed by atoms with Gasteiger partial charge in [-0.25, -0.2) is 4.98 Å². The monoisotopic (exact) mass is 271 g/mol. The first-order valence-corrected chi connectivity index (χ1v) is 5.45. The molecule has 0 saturated carbocycles. The Morgan fingerprint density at radius 3 is 2.86 bits per heavy atom. The van der Waals surface area contributed by atoms with Crippen molar-refractivity contribution in [3.63, 3.8) is 0 Å². The van der Waals surface area contributed by atoms with Crippen molar-refractivity contribution in [2.24, 2.45) is 0 Å². The van der Waals surface area contributed by atoms with Crippen molar-refractivity contribution < 1.29 is 4.42 Å². The fraction of sp³-hybridized carbons (Fsp3) is 0.125. The van der Waals surface area contributed by atoms with Gasteiger partial charge in [0.05, 0.1) is 0 Å². The summed E-state index contributed by atoms with van der Waals surface area (Å²) in [6.45, 7) is 1.76. The molecular weight excluding hydrogens is 266 g/mol. The lowest BCUT2D eigenvalue weighted by atomic mass is 10.5. The predicted molar refractivity (Wildman–Crippen MR) is 55.1 cm³/mol. The van der Waals surface area contributed by atoms with Crippen molar-refractivity contribution in [2.75, 3.05) is 0 Å². The fourth-order valence-corrected chi connectivity index (χ4v) is 2.03. The molecule has 6 heteroatoms. The fourth-order valence-electron chi connectivity index (χ4n) is 0.856. The molecule has 0 amide bonds. The smallest absolute Gasteiger partial charge is 0.282 e. The van der Waals surface area contributed by atoms with Crippen molar-refractivity contribution in [3.8, 4) is 0 Å². The number of hydrogen-bond acceptors (Lipinski definition) is 5. The third-order valence-electron chi connectivity index (χ3n) is 1.39. The van der Waals surface area contributed by atoms with E-state index in [-0.39, 0.29) is 0 Å². The van der Waals surface area contributed by atoms with Gasteiger partial charge in [0.25, 0.3) is 5.22 Å². The average molecular weight is 272 g/mol. The van der Waals surface area contributed by atoms with E-state index in [0.29, 0.717) is 11.1 Å². The summed E-state index contributed by atoms with van der Waals surface area (Å²) in [7, 11) is 0. The molecule has 4 nitrogen and oxygen atoms in total. The molecule has 0 bridgehead atoms. The summed E-state index contributed by atoms with van der Waals surface area (Å²) >= 11 is 4.63. The molecule has 2 rings (SSSR count). The Hall–Kier alpha value is -0.880. The molecule has 0 aliphatic rings. The number of rotatable bonds is 2. The van der Waals surface area contributed by atoms with E-state index in [9.17, 15) is 0 Å². The second kappa shape index (κ2) is 4.10. The van der Waals surface area contributed by atoms with Crippen molar-refractivity contribution in [1.29, 1.82) is 0 Å². The molecule has 0 N–H and O–H groups in total. The highest BCUT2D eigenvalue weighted by Crippen LogP contribution is 2.25. The maximum atomic E-state index is 5.21. The quantitative estimate of drug-likeness (QED) is 0.787. The van der Waals surface area contributed by atoms with E-state index in [1.165, 1.54) is 11.8 Å². The van der Waals surface area contributed by atoms with Crippen LogP contribution in [0.4, 0.5) is 0 Å².